The summed E-state index contributed by atoms with van der Waals surface area (Å²) >= 11 is 0. The first-order valence-electron chi connectivity index (χ1n) is 9.03. The zero-order valence-corrected chi connectivity index (χ0v) is 15.5. The number of hydrogen-bond donors (Lipinski definition) is 4. The molecule has 2 unspecified atom stereocenters. The summed E-state index contributed by atoms with van der Waals surface area (Å²) < 4.78 is 5.07. The van der Waals surface area contributed by atoms with Crippen molar-refractivity contribution in [3.63, 3.8) is 0 Å². The lowest BCUT2D eigenvalue weighted by Gasteiger charge is -2.20. The van der Waals surface area contributed by atoms with Gasteiger partial charge in [0.15, 0.2) is 0 Å². The molecule has 0 radical (unpaired) electrons. The molecule has 0 saturated carbocycles. The Morgan fingerprint density at radius 2 is 1.59 bits per heavy atom. The van der Waals surface area contributed by atoms with Gasteiger partial charge in [-0.1, -0.05) is 60.7 Å². The van der Waals surface area contributed by atoms with E-state index in [1.807, 2.05) is 30.3 Å². The number of aliphatic hydroxyl groups is 2. The second kappa shape index (κ2) is 9.18. The van der Waals surface area contributed by atoms with Gasteiger partial charge in [-0.3, -0.25) is 0 Å². The van der Waals surface area contributed by atoms with Crippen molar-refractivity contribution in [2.45, 2.75) is 18.8 Å². The minimum Gasteiger partial charge on any atom is -0.478 e. The van der Waals surface area contributed by atoms with Crippen molar-refractivity contribution < 1.29 is 29.6 Å². The third kappa shape index (κ3) is 4.90. The van der Waals surface area contributed by atoms with Crippen LogP contribution in [0, 0.1) is 0 Å². The van der Waals surface area contributed by atoms with Crippen LogP contribution in [-0.4, -0.2) is 40.0 Å². The minimum absolute atomic E-state index is 0.0899. The van der Waals surface area contributed by atoms with Crippen molar-refractivity contribution in [2.75, 3.05) is 6.54 Å². The maximum absolute atomic E-state index is 11.8. The number of nitrogens with one attached hydrogen (secondary N) is 1. The summed E-state index contributed by atoms with van der Waals surface area (Å²) in [6.45, 7) is -0.142. The van der Waals surface area contributed by atoms with Crippen LogP contribution in [-0.2, 0) is 11.3 Å². The average molecular weight is 395 g/mol. The number of carboxylic acid groups (broad SMARTS) is 1. The highest BCUT2D eigenvalue weighted by atomic mass is 16.5. The minimum atomic E-state index is -1.32. The highest BCUT2D eigenvalue weighted by Crippen LogP contribution is 2.28. The topological polar surface area (TPSA) is 116 Å². The standard InChI is InChI=1S/C22H21NO6/c24-19(12-23-22(28)29-13-14-6-2-1-3-7-14)20(25)17-10-4-9-16-15(17)8-5-11-18(16)21(26)27/h1-11,19-20,24-25H,12-13H2,(H,23,28)(H,26,27). The normalized spacial score (nSPS) is 12.9. The first-order valence-corrected chi connectivity index (χ1v) is 9.03. The SMILES string of the molecule is O=C(NCC(O)C(O)c1cccc2c(C(=O)O)cccc12)OCc1ccccc1. The molecule has 0 aliphatic heterocycles. The van der Waals surface area contributed by atoms with E-state index < -0.39 is 24.3 Å². The fraction of sp³-hybridized carbons (Fsp3) is 0.182. The molecule has 0 heterocycles. The molecule has 3 aromatic carbocycles. The Morgan fingerprint density at radius 1 is 0.897 bits per heavy atom. The highest BCUT2D eigenvalue weighted by Gasteiger charge is 2.22. The first kappa shape index (κ1) is 20.3. The lowest BCUT2D eigenvalue weighted by Crippen LogP contribution is -2.35. The summed E-state index contributed by atoms with van der Waals surface area (Å²) in [5.74, 6) is -1.08. The Kier molecular flexibility index (Phi) is 6.43. The molecule has 150 valence electrons. The van der Waals surface area contributed by atoms with E-state index in [1.165, 1.54) is 6.07 Å². The molecule has 7 nitrogen and oxygen atoms in total. The van der Waals surface area contributed by atoms with E-state index >= 15 is 0 Å². The van der Waals surface area contributed by atoms with Crippen molar-refractivity contribution in [3.05, 3.63) is 83.4 Å². The molecule has 1 amide bonds. The summed E-state index contributed by atoms with van der Waals surface area (Å²) in [5, 5.41) is 33.6. The van der Waals surface area contributed by atoms with Gasteiger partial charge < -0.3 is 25.4 Å². The Bertz CT molecular complexity index is 1000. The molecule has 0 aliphatic rings. The number of fused-ring (bicyclic) bond motifs is 1. The number of carbonyl (C=O) groups excluding carboxylic acids is 1. The number of ether oxygens (including phenoxy) is 1. The molecule has 3 rings (SSSR count). The smallest absolute Gasteiger partial charge is 0.407 e. The molecule has 29 heavy (non-hydrogen) atoms. The van der Waals surface area contributed by atoms with E-state index in [0.29, 0.717) is 16.3 Å². The van der Waals surface area contributed by atoms with Gasteiger partial charge in [-0.25, -0.2) is 9.59 Å². The largest absolute Gasteiger partial charge is 0.478 e. The summed E-state index contributed by atoms with van der Waals surface area (Å²) in [5.41, 5.74) is 1.31. The number of aliphatic hydroxyl groups excluding tert-OH is 2. The number of benzene rings is 3. The number of carbonyl (C=O) groups is 2. The van der Waals surface area contributed by atoms with Crippen LogP contribution in [0.25, 0.3) is 10.8 Å². The van der Waals surface area contributed by atoms with Crippen LogP contribution >= 0.6 is 0 Å². The zero-order valence-electron chi connectivity index (χ0n) is 15.5. The zero-order chi connectivity index (χ0) is 20.8. The summed E-state index contributed by atoms with van der Waals surface area (Å²) in [4.78, 5) is 23.2. The van der Waals surface area contributed by atoms with E-state index in [4.69, 9.17) is 4.74 Å². The van der Waals surface area contributed by atoms with Gasteiger partial charge in [0.25, 0.3) is 0 Å². The molecule has 4 N–H and O–H groups in total. The van der Waals surface area contributed by atoms with Crippen LogP contribution in [0.5, 0.6) is 0 Å². The van der Waals surface area contributed by atoms with E-state index in [1.54, 1.807) is 30.3 Å². The Hall–Kier alpha value is -3.42. The number of rotatable bonds is 7. The van der Waals surface area contributed by atoms with Crippen LogP contribution in [0.3, 0.4) is 0 Å². The number of amides is 1. The van der Waals surface area contributed by atoms with Gasteiger partial charge in [0.05, 0.1) is 5.56 Å². The number of hydrogen-bond acceptors (Lipinski definition) is 5. The fourth-order valence-electron chi connectivity index (χ4n) is 3.06. The molecule has 0 saturated heterocycles. The Labute approximate surface area is 167 Å². The predicted octanol–water partition coefficient (Wildman–Crippen LogP) is 2.86. The average Bonchev–Trinajstić information content (AvgIpc) is 2.75. The first-order chi connectivity index (χ1) is 14.0. The van der Waals surface area contributed by atoms with Crippen molar-refractivity contribution in [1.82, 2.24) is 5.32 Å². The van der Waals surface area contributed by atoms with Gasteiger partial charge >= 0.3 is 12.1 Å². The molecule has 7 heteroatoms. The van der Waals surface area contributed by atoms with Crippen LogP contribution in [0.2, 0.25) is 0 Å². The fourth-order valence-corrected chi connectivity index (χ4v) is 3.06. The van der Waals surface area contributed by atoms with Gasteiger partial charge in [0, 0.05) is 6.54 Å². The molecule has 2 atom stereocenters. The Balaban J connectivity index is 1.64. The van der Waals surface area contributed by atoms with E-state index in [2.05, 4.69) is 5.32 Å². The Morgan fingerprint density at radius 3 is 2.31 bits per heavy atom. The molecule has 0 spiro atoms. The van der Waals surface area contributed by atoms with Gasteiger partial charge in [-0.2, -0.15) is 0 Å². The van der Waals surface area contributed by atoms with Crippen molar-refractivity contribution >= 4 is 22.8 Å². The van der Waals surface area contributed by atoms with Crippen molar-refractivity contribution in [3.8, 4) is 0 Å². The molecular formula is C22H21NO6. The summed E-state index contributed by atoms with van der Waals surface area (Å²) in [6, 6.07) is 18.7. The van der Waals surface area contributed by atoms with E-state index in [9.17, 15) is 24.9 Å². The van der Waals surface area contributed by atoms with E-state index in [-0.39, 0.29) is 18.7 Å². The third-order valence-electron chi connectivity index (χ3n) is 4.54. The molecule has 0 fully saturated rings. The molecule has 3 aromatic rings. The molecule has 0 aliphatic carbocycles. The van der Waals surface area contributed by atoms with Gasteiger partial charge in [0.2, 0.25) is 0 Å². The third-order valence-corrected chi connectivity index (χ3v) is 4.54. The maximum Gasteiger partial charge on any atom is 0.407 e. The van der Waals surface area contributed by atoms with Crippen molar-refractivity contribution in [1.29, 1.82) is 0 Å². The maximum atomic E-state index is 11.8. The van der Waals surface area contributed by atoms with Crippen molar-refractivity contribution in [2.24, 2.45) is 0 Å². The highest BCUT2D eigenvalue weighted by molar-refractivity contribution is 6.04. The monoisotopic (exact) mass is 395 g/mol. The number of alkyl carbamates (subject to hydrolysis) is 1. The lowest BCUT2D eigenvalue weighted by atomic mass is 9.95. The van der Waals surface area contributed by atoms with Crippen LogP contribution in [0.4, 0.5) is 4.79 Å². The molecule has 0 bridgehead atoms. The lowest BCUT2D eigenvalue weighted by molar-refractivity contribution is 0.0192. The van der Waals surface area contributed by atoms with Crippen LogP contribution < -0.4 is 5.32 Å². The number of carboxylic acids is 1. The van der Waals surface area contributed by atoms with E-state index in [0.717, 1.165) is 5.56 Å². The van der Waals surface area contributed by atoms with Gasteiger partial charge in [-0.05, 0) is 28.0 Å². The number of aromatic carboxylic acids is 1. The van der Waals surface area contributed by atoms with Gasteiger partial charge in [0.1, 0.15) is 18.8 Å². The summed E-state index contributed by atoms with van der Waals surface area (Å²) in [7, 11) is 0. The van der Waals surface area contributed by atoms with Crippen LogP contribution in [0.1, 0.15) is 27.6 Å². The quantitative estimate of drug-likeness (QED) is 0.489. The van der Waals surface area contributed by atoms with Crippen LogP contribution in [0.15, 0.2) is 66.7 Å². The van der Waals surface area contributed by atoms with Gasteiger partial charge in [-0.15, -0.1) is 0 Å². The second-order valence-corrected chi connectivity index (χ2v) is 6.51. The predicted molar refractivity (Wildman–Crippen MR) is 107 cm³/mol. The summed E-state index contributed by atoms with van der Waals surface area (Å²) in [6.07, 6.45) is -3.35. The molecular weight excluding hydrogens is 374 g/mol. The second-order valence-electron chi connectivity index (χ2n) is 6.51. The molecule has 0 aromatic heterocycles.